The summed E-state index contributed by atoms with van der Waals surface area (Å²) in [6, 6.07) is 1.93. The molecule has 1 fully saturated rings. The van der Waals surface area contributed by atoms with E-state index in [-0.39, 0.29) is 4.90 Å². The number of sulfonamides is 1. The molecule has 0 saturated carbocycles. The van der Waals surface area contributed by atoms with Gasteiger partial charge in [0.1, 0.15) is 24.3 Å². The molecule has 0 bridgehead atoms. The van der Waals surface area contributed by atoms with Gasteiger partial charge in [0.2, 0.25) is 10.0 Å². The second-order valence-corrected chi connectivity index (χ2v) is 11.3. The molecule has 0 aromatic carbocycles. The molecule has 2 radical (unpaired) electrons. The molecular weight excluding hydrogens is 487 g/mol. The third-order valence-electron chi connectivity index (χ3n) is 6.59. The number of allylic oxidation sites excluding steroid dienone is 4. The standard InChI is InChI=1S/C23H26BClN6O3S/c1-14-22(15(2)34-29-14)35(32,33)30-9-7-16(8-10-30)12-26-21-11-20(17-5-3-4-6-19(17)25)28-23-18(24)13-27-31(21)23/h3,5,11,13,16,26H,4,6-10,12H2,1-2H3. The van der Waals surface area contributed by atoms with Crippen LogP contribution in [0.1, 0.15) is 42.8 Å². The van der Waals surface area contributed by atoms with Crippen molar-refractivity contribution in [3.05, 3.63) is 46.6 Å². The third kappa shape index (κ3) is 4.52. The minimum absolute atomic E-state index is 0.182. The first-order valence-corrected chi connectivity index (χ1v) is 13.4. The molecule has 0 atom stereocenters. The summed E-state index contributed by atoms with van der Waals surface area (Å²) in [4.78, 5) is 4.88. The zero-order chi connectivity index (χ0) is 24.7. The lowest BCUT2D eigenvalue weighted by molar-refractivity contribution is 0.281. The van der Waals surface area contributed by atoms with Gasteiger partial charge in [0.15, 0.2) is 11.4 Å². The Kier molecular flexibility index (Phi) is 6.50. The van der Waals surface area contributed by atoms with Gasteiger partial charge in [-0.25, -0.2) is 13.4 Å². The molecule has 9 nitrogen and oxygen atoms in total. The Labute approximate surface area is 210 Å². The second kappa shape index (κ2) is 9.44. The number of nitrogens with zero attached hydrogens (tertiary/aromatic N) is 5. The molecule has 12 heteroatoms. The van der Waals surface area contributed by atoms with Crippen LogP contribution in [-0.2, 0) is 10.0 Å². The van der Waals surface area contributed by atoms with Crippen molar-refractivity contribution in [3.63, 3.8) is 0 Å². The fourth-order valence-electron chi connectivity index (χ4n) is 4.68. The first kappa shape index (κ1) is 24.1. The Morgan fingerprint density at radius 2 is 2.06 bits per heavy atom. The molecule has 182 valence electrons. The van der Waals surface area contributed by atoms with Crippen LogP contribution in [0.5, 0.6) is 0 Å². The van der Waals surface area contributed by atoms with E-state index >= 15 is 0 Å². The van der Waals surface area contributed by atoms with E-state index in [1.54, 1.807) is 24.6 Å². The Morgan fingerprint density at radius 1 is 1.29 bits per heavy atom. The predicted octanol–water partition coefficient (Wildman–Crippen LogP) is 2.94. The first-order chi connectivity index (χ1) is 16.8. The van der Waals surface area contributed by atoms with Gasteiger partial charge in [-0.3, -0.25) is 0 Å². The molecule has 2 aliphatic rings. The minimum Gasteiger partial charge on any atom is -0.370 e. The maximum atomic E-state index is 13.1. The highest BCUT2D eigenvalue weighted by atomic mass is 35.5. The molecule has 1 aliphatic carbocycles. The number of hydrogen-bond donors (Lipinski definition) is 1. The van der Waals surface area contributed by atoms with Crippen molar-refractivity contribution in [2.45, 2.75) is 44.4 Å². The SMILES string of the molecule is [B]c1cnn2c(NCC3CCN(S(=O)(=O)c4c(C)noc4C)CC3)cc(C3=C(Cl)CCC=C3)nc12. The van der Waals surface area contributed by atoms with Gasteiger partial charge in [-0.1, -0.05) is 28.9 Å². The smallest absolute Gasteiger partial charge is 0.248 e. The lowest BCUT2D eigenvalue weighted by atomic mass is 9.98. The van der Waals surface area contributed by atoms with Crippen molar-refractivity contribution in [1.29, 1.82) is 0 Å². The van der Waals surface area contributed by atoms with Crippen LogP contribution < -0.4 is 10.8 Å². The van der Waals surface area contributed by atoms with Gasteiger partial charge in [0, 0.05) is 42.5 Å². The van der Waals surface area contributed by atoms with E-state index in [0.29, 0.717) is 48.1 Å². The second-order valence-electron chi connectivity index (χ2n) is 9.00. The average Bonchev–Trinajstić information content (AvgIpc) is 3.39. The van der Waals surface area contributed by atoms with Gasteiger partial charge in [-0.15, -0.1) is 0 Å². The number of aromatic nitrogens is 4. The lowest BCUT2D eigenvalue weighted by Crippen LogP contribution is -2.40. The molecule has 35 heavy (non-hydrogen) atoms. The summed E-state index contributed by atoms with van der Waals surface area (Å²) >= 11 is 6.49. The highest BCUT2D eigenvalue weighted by molar-refractivity contribution is 7.89. The van der Waals surface area contributed by atoms with Crippen LogP contribution in [0.25, 0.3) is 11.2 Å². The van der Waals surface area contributed by atoms with Crippen LogP contribution in [0, 0.1) is 19.8 Å². The van der Waals surface area contributed by atoms with Crippen LogP contribution in [0.4, 0.5) is 5.82 Å². The van der Waals surface area contributed by atoms with Crippen molar-refractivity contribution >= 4 is 52.0 Å². The minimum atomic E-state index is -3.62. The van der Waals surface area contributed by atoms with E-state index in [9.17, 15) is 8.42 Å². The Hall–Kier alpha value is -2.63. The van der Waals surface area contributed by atoms with Crippen LogP contribution >= 0.6 is 11.6 Å². The number of nitrogens with one attached hydrogen (secondary N) is 1. The van der Waals surface area contributed by atoms with Gasteiger partial charge in [0.05, 0.1) is 5.69 Å². The van der Waals surface area contributed by atoms with Gasteiger partial charge in [-0.05, 0) is 50.9 Å². The molecule has 5 rings (SSSR count). The summed E-state index contributed by atoms with van der Waals surface area (Å²) in [6.07, 6.45) is 8.83. The van der Waals surface area contributed by atoms with E-state index in [0.717, 1.165) is 47.8 Å². The van der Waals surface area contributed by atoms with Crippen LogP contribution in [0.3, 0.4) is 0 Å². The maximum absolute atomic E-state index is 13.1. The molecule has 0 amide bonds. The number of hydrogen-bond acceptors (Lipinski definition) is 7. The van der Waals surface area contributed by atoms with Gasteiger partial charge in [-0.2, -0.15) is 13.9 Å². The van der Waals surface area contributed by atoms with Crippen molar-refractivity contribution in [2.24, 2.45) is 5.92 Å². The molecule has 1 saturated heterocycles. The first-order valence-electron chi connectivity index (χ1n) is 11.6. The topological polar surface area (TPSA) is 106 Å². The van der Waals surface area contributed by atoms with Gasteiger partial charge >= 0.3 is 0 Å². The zero-order valence-corrected chi connectivity index (χ0v) is 21.2. The van der Waals surface area contributed by atoms with E-state index in [4.69, 9.17) is 29.0 Å². The fraction of sp³-hybridized carbons (Fsp3) is 0.435. The largest absolute Gasteiger partial charge is 0.370 e. The normalized spacial score (nSPS) is 18.0. The van der Waals surface area contributed by atoms with Crippen LogP contribution in [0.15, 0.2) is 38.9 Å². The van der Waals surface area contributed by atoms with Crippen molar-refractivity contribution in [1.82, 2.24) is 24.1 Å². The third-order valence-corrected chi connectivity index (χ3v) is 9.13. The molecular formula is C23H26BClN6O3S. The number of aryl methyl sites for hydroxylation is 2. The van der Waals surface area contributed by atoms with Gasteiger partial charge < -0.3 is 9.84 Å². The van der Waals surface area contributed by atoms with Crippen LogP contribution in [-0.4, -0.2) is 60.0 Å². The number of fused-ring (bicyclic) bond motifs is 1. The van der Waals surface area contributed by atoms with E-state index < -0.39 is 10.0 Å². The number of halogens is 1. The van der Waals surface area contributed by atoms with E-state index in [1.807, 2.05) is 12.1 Å². The van der Waals surface area contributed by atoms with Crippen LogP contribution in [0.2, 0.25) is 0 Å². The Bertz CT molecular complexity index is 1420. The van der Waals surface area contributed by atoms with Crippen molar-refractivity contribution in [3.8, 4) is 0 Å². The molecule has 1 aliphatic heterocycles. The maximum Gasteiger partial charge on any atom is 0.248 e. The lowest BCUT2D eigenvalue weighted by Gasteiger charge is -2.31. The monoisotopic (exact) mass is 512 g/mol. The summed E-state index contributed by atoms with van der Waals surface area (Å²) in [7, 11) is 2.50. The van der Waals surface area contributed by atoms with Crippen molar-refractivity contribution < 1.29 is 12.9 Å². The average molecular weight is 513 g/mol. The van der Waals surface area contributed by atoms with E-state index in [2.05, 4.69) is 21.6 Å². The Morgan fingerprint density at radius 3 is 2.74 bits per heavy atom. The quantitative estimate of drug-likeness (QED) is 0.506. The summed E-state index contributed by atoms with van der Waals surface area (Å²) in [5, 5.41) is 12.4. The predicted molar refractivity (Wildman–Crippen MR) is 135 cm³/mol. The highest BCUT2D eigenvalue weighted by Gasteiger charge is 2.33. The molecule has 0 spiro atoms. The molecule has 3 aromatic rings. The summed E-state index contributed by atoms with van der Waals surface area (Å²) < 4.78 is 34.5. The van der Waals surface area contributed by atoms with E-state index in [1.165, 1.54) is 4.31 Å². The van der Waals surface area contributed by atoms with Gasteiger partial charge in [0.25, 0.3) is 0 Å². The molecule has 4 heterocycles. The molecule has 0 unspecified atom stereocenters. The summed E-state index contributed by atoms with van der Waals surface area (Å²) in [6.45, 7) is 4.83. The fourth-order valence-corrected chi connectivity index (χ4v) is 6.71. The Balaban J connectivity index is 1.31. The highest BCUT2D eigenvalue weighted by Crippen LogP contribution is 2.31. The van der Waals surface area contributed by atoms with Crippen molar-refractivity contribution in [2.75, 3.05) is 25.0 Å². The summed E-state index contributed by atoms with van der Waals surface area (Å²) in [5.74, 6) is 1.39. The number of anilines is 1. The summed E-state index contributed by atoms with van der Waals surface area (Å²) in [5.41, 5.74) is 3.09. The number of rotatable bonds is 6. The molecule has 1 N–H and O–H groups in total. The zero-order valence-electron chi connectivity index (χ0n) is 19.7. The number of piperidine rings is 1. The molecule has 3 aromatic heterocycles.